The number of rotatable bonds is 4. The monoisotopic (exact) mass is 422 g/mol. The second kappa shape index (κ2) is 7.46. The quantitative estimate of drug-likeness (QED) is 0.458. The van der Waals surface area contributed by atoms with Gasteiger partial charge < -0.3 is 14.5 Å². The average molecular weight is 423 g/mol. The van der Waals surface area contributed by atoms with E-state index in [1.54, 1.807) is 30.3 Å². The van der Waals surface area contributed by atoms with E-state index in [4.69, 9.17) is 21.1 Å². The number of aromatic amines is 1. The number of imidazole rings is 1. The fraction of sp³-hybridized carbons (Fsp3) is 0.130. The minimum absolute atomic E-state index is 0.0491. The number of ketones is 1. The van der Waals surface area contributed by atoms with Gasteiger partial charge in [-0.3, -0.25) is 4.79 Å². The lowest BCUT2D eigenvalue weighted by molar-refractivity contribution is 0.0991. The number of nitrogens with zero attached hydrogens (tertiary/aromatic N) is 1. The summed E-state index contributed by atoms with van der Waals surface area (Å²) in [5, 5.41) is 0.491. The van der Waals surface area contributed by atoms with Crippen LogP contribution in [0.15, 0.2) is 54.6 Å². The van der Waals surface area contributed by atoms with Crippen molar-refractivity contribution in [2.45, 2.75) is 6.42 Å². The van der Waals surface area contributed by atoms with Gasteiger partial charge in [0.05, 0.1) is 16.1 Å². The minimum Gasteiger partial charge on any atom is -0.486 e. The van der Waals surface area contributed by atoms with Crippen molar-refractivity contribution >= 4 is 28.4 Å². The lowest BCUT2D eigenvalue weighted by Crippen LogP contribution is -2.16. The summed E-state index contributed by atoms with van der Waals surface area (Å²) in [6.07, 6.45) is 0.193. The molecule has 2 heterocycles. The van der Waals surface area contributed by atoms with Gasteiger partial charge in [0.1, 0.15) is 24.9 Å². The number of halogens is 2. The van der Waals surface area contributed by atoms with E-state index >= 15 is 0 Å². The summed E-state index contributed by atoms with van der Waals surface area (Å²) in [5.74, 6) is 1.36. The normalized spacial score (nSPS) is 12.9. The van der Waals surface area contributed by atoms with Crippen LogP contribution < -0.4 is 9.47 Å². The van der Waals surface area contributed by atoms with Crippen LogP contribution in [0.4, 0.5) is 4.39 Å². The molecule has 0 saturated carbocycles. The number of Topliss-reactive ketones (excluding diaryl/α,β-unsaturated/α-hetero) is 1. The van der Waals surface area contributed by atoms with Gasteiger partial charge in [-0.05, 0) is 54.1 Å². The Hall–Kier alpha value is -3.38. The maximum absolute atomic E-state index is 13.5. The summed E-state index contributed by atoms with van der Waals surface area (Å²) in [7, 11) is 0. The standard InChI is InChI=1S/C23H16ClFN2O3/c24-17-4-1-13(9-16(17)23-26-18-5-3-15(25)12-19(18)27-23)10-20(28)14-2-6-21-22(11-14)30-8-7-29-21/h1-6,9,11-12H,7-8,10H2,(H,26,27). The highest BCUT2D eigenvalue weighted by Gasteiger charge is 2.17. The number of ether oxygens (including phenoxy) is 2. The van der Waals surface area contributed by atoms with Crippen LogP contribution in [0, 0.1) is 5.82 Å². The fourth-order valence-corrected chi connectivity index (χ4v) is 3.68. The molecule has 0 unspecified atom stereocenters. The molecular weight excluding hydrogens is 407 g/mol. The molecule has 0 fully saturated rings. The molecule has 5 rings (SSSR count). The van der Waals surface area contributed by atoms with E-state index in [0.29, 0.717) is 57.7 Å². The molecule has 1 aromatic heterocycles. The Kier molecular flexibility index (Phi) is 4.64. The zero-order valence-electron chi connectivity index (χ0n) is 15.7. The topological polar surface area (TPSA) is 64.2 Å². The fourth-order valence-electron chi connectivity index (χ4n) is 3.48. The smallest absolute Gasteiger partial charge is 0.167 e. The number of carbonyl (C=O) groups excluding carboxylic acids is 1. The number of hydrogen-bond donors (Lipinski definition) is 1. The van der Waals surface area contributed by atoms with E-state index in [2.05, 4.69) is 9.97 Å². The Bertz CT molecular complexity index is 1280. The van der Waals surface area contributed by atoms with Crippen LogP contribution in [0.5, 0.6) is 11.5 Å². The third-order valence-corrected chi connectivity index (χ3v) is 5.29. The molecule has 1 N–H and O–H groups in total. The Morgan fingerprint density at radius 1 is 1.03 bits per heavy atom. The van der Waals surface area contributed by atoms with Crippen LogP contribution in [0.2, 0.25) is 5.02 Å². The molecule has 0 aliphatic carbocycles. The van der Waals surface area contributed by atoms with Crippen LogP contribution in [-0.4, -0.2) is 29.0 Å². The van der Waals surface area contributed by atoms with Crippen LogP contribution in [-0.2, 0) is 6.42 Å². The van der Waals surface area contributed by atoms with Gasteiger partial charge in [0, 0.05) is 17.5 Å². The highest BCUT2D eigenvalue weighted by Crippen LogP contribution is 2.32. The average Bonchev–Trinajstić information content (AvgIpc) is 3.17. The number of nitrogens with one attached hydrogen (secondary N) is 1. The molecule has 1 aliphatic rings. The first kappa shape index (κ1) is 18.6. The molecule has 1 aliphatic heterocycles. The van der Waals surface area contributed by atoms with Crippen molar-refractivity contribution in [3.8, 4) is 22.9 Å². The lowest BCUT2D eigenvalue weighted by Gasteiger charge is -2.18. The van der Waals surface area contributed by atoms with E-state index in [9.17, 15) is 9.18 Å². The second-order valence-corrected chi connectivity index (χ2v) is 7.43. The van der Waals surface area contributed by atoms with Gasteiger partial charge in [-0.2, -0.15) is 0 Å². The van der Waals surface area contributed by atoms with E-state index in [1.807, 2.05) is 12.1 Å². The van der Waals surface area contributed by atoms with Gasteiger partial charge in [-0.25, -0.2) is 9.37 Å². The number of hydrogen-bond acceptors (Lipinski definition) is 4. The number of fused-ring (bicyclic) bond motifs is 2. The molecule has 30 heavy (non-hydrogen) atoms. The molecule has 5 nitrogen and oxygen atoms in total. The summed E-state index contributed by atoms with van der Waals surface area (Å²) in [4.78, 5) is 20.4. The van der Waals surface area contributed by atoms with Crippen LogP contribution >= 0.6 is 11.6 Å². The van der Waals surface area contributed by atoms with Gasteiger partial charge in [0.2, 0.25) is 0 Å². The van der Waals surface area contributed by atoms with Crippen LogP contribution in [0.3, 0.4) is 0 Å². The Balaban J connectivity index is 1.43. The minimum atomic E-state index is -0.345. The number of H-pyrrole nitrogens is 1. The van der Waals surface area contributed by atoms with Gasteiger partial charge in [-0.1, -0.05) is 17.7 Å². The molecule has 7 heteroatoms. The molecular formula is C23H16ClFN2O3. The highest BCUT2D eigenvalue weighted by atomic mass is 35.5. The summed E-state index contributed by atoms with van der Waals surface area (Å²) in [5.41, 5.74) is 3.22. The SMILES string of the molecule is O=C(Cc1ccc(Cl)c(-c2nc3ccc(F)cc3[nH]2)c1)c1ccc2c(c1)OCCO2. The van der Waals surface area contributed by atoms with Crippen molar-refractivity contribution in [2.75, 3.05) is 13.2 Å². The molecule has 0 saturated heterocycles. The van der Waals surface area contributed by atoms with Crippen molar-refractivity contribution in [2.24, 2.45) is 0 Å². The first-order valence-corrected chi connectivity index (χ1v) is 9.81. The number of aromatic nitrogens is 2. The van der Waals surface area contributed by atoms with Crippen LogP contribution in [0.25, 0.3) is 22.4 Å². The third-order valence-electron chi connectivity index (χ3n) is 4.96. The molecule has 4 aromatic rings. The molecule has 150 valence electrons. The number of benzene rings is 3. The van der Waals surface area contributed by atoms with Crippen molar-refractivity contribution in [1.29, 1.82) is 0 Å². The molecule has 3 aromatic carbocycles. The maximum Gasteiger partial charge on any atom is 0.167 e. The molecule has 0 atom stereocenters. The van der Waals surface area contributed by atoms with E-state index in [1.165, 1.54) is 12.1 Å². The van der Waals surface area contributed by atoms with Crippen LogP contribution in [0.1, 0.15) is 15.9 Å². The zero-order chi connectivity index (χ0) is 20.7. The predicted octanol–water partition coefficient (Wildman–Crippen LogP) is 5.22. The lowest BCUT2D eigenvalue weighted by atomic mass is 10.0. The van der Waals surface area contributed by atoms with Crippen molar-refractivity contribution in [3.05, 3.63) is 76.6 Å². The Morgan fingerprint density at radius 2 is 1.87 bits per heavy atom. The van der Waals surface area contributed by atoms with Crippen molar-refractivity contribution in [3.63, 3.8) is 0 Å². The second-order valence-electron chi connectivity index (χ2n) is 7.02. The van der Waals surface area contributed by atoms with E-state index in [0.717, 1.165) is 5.56 Å². The van der Waals surface area contributed by atoms with E-state index < -0.39 is 0 Å². The largest absolute Gasteiger partial charge is 0.486 e. The summed E-state index contributed by atoms with van der Waals surface area (Å²) in [6.45, 7) is 0.967. The molecule has 0 radical (unpaired) electrons. The highest BCUT2D eigenvalue weighted by molar-refractivity contribution is 6.33. The Labute approximate surface area is 176 Å². The summed E-state index contributed by atoms with van der Waals surface area (Å²) in [6, 6.07) is 14.9. The zero-order valence-corrected chi connectivity index (χ0v) is 16.5. The molecule has 0 bridgehead atoms. The van der Waals surface area contributed by atoms with Crippen molar-refractivity contribution < 1.29 is 18.7 Å². The third kappa shape index (κ3) is 3.50. The summed E-state index contributed by atoms with van der Waals surface area (Å²) >= 11 is 6.37. The summed E-state index contributed by atoms with van der Waals surface area (Å²) < 4.78 is 24.5. The van der Waals surface area contributed by atoms with E-state index in [-0.39, 0.29) is 18.0 Å². The van der Waals surface area contributed by atoms with Crippen molar-refractivity contribution in [1.82, 2.24) is 9.97 Å². The molecule has 0 amide bonds. The Morgan fingerprint density at radius 3 is 2.73 bits per heavy atom. The number of carbonyl (C=O) groups is 1. The van der Waals surface area contributed by atoms with Gasteiger partial charge in [0.25, 0.3) is 0 Å². The predicted molar refractivity (Wildman–Crippen MR) is 112 cm³/mol. The molecule has 0 spiro atoms. The van der Waals surface area contributed by atoms with Gasteiger partial charge >= 0.3 is 0 Å². The first-order valence-electron chi connectivity index (χ1n) is 9.44. The van der Waals surface area contributed by atoms with Gasteiger partial charge in [-0.15, -0.1) is 0 Å². The first-order chi connectivity index (χ1) is 14.6. The van der Waals surface area contributed by atoms with Gasteiger partial charge in [0.15, 0.2) is 17.3 Å². The maximum atomic E-state index is 13.5.